The Balaban J connectivity index is 2.02. The van der Waals surface area contributed by atoms with Gasteiger partial charge in [-0.1, -0.05) is 37.9 Å². The van der Waals surface area contributed by atoms with Crippen LogP contribution in [0.3, 0.4) is 0 Å². The van der Waals surface area contributed by atoms with E-state index in [1.807, 2.05) is 0 Å². The molecule has 61 valence electrons. The van der Waals surface area contributed by atoms with Gasteiger partial charge in [0.2, 0.25) is 0 Å². The number of hydrogen-bond donors (Lipinski definition) is 1. The van der Waals surface area contributed by atoms with E-state index in [9.17, 15) is 0 Å². The van der Waals surface area contributed by atoms with Gasteiger partial charge in [0.15, 0.2) is 0 Å². The van der Waals surface area contributed by atoms with Gasteiger partial charge >= 0.3 is 0 Å². The van der Waals surface area contributed by atoms with Crippen molar-refractivity contribution in [1.82, 2.24) is 0 Å². The molecule has 1 nitrogen and oxygen atoms in total. The predicted octanol–water partition coefficient (Wildman–Crippen LogP) is 1.89. The summed E-state index contributed by atoms with van der Waals surface area (Å²) in [6.07, 6.45) is 7.96. The smallest absolute Gasteiger partial charge is 0.144 e. The lowest BCUT2D eigenvalue weighted by Crippen LogP contribution is -2.62. The van der Waals surface area contributed by atoms with Gasteiger partial charge in [-0.3, -0.25) is 0 Å². The zero-order valence-corrected chi connectivity index (χ0v) is 7.40. The van der Waals surface area contributed by atoms with E-state index < -0.39 is 0 Å². The Bertz CT molecular complexity index is 145. The highest BCUT2D eigenvalue weighted by molar-refractivity contribution is 6.48. The molecule has 0 aromatic rings. The van der Waals surface area contributed by atoms with Gasteiger partial charge in [-0.25, -0.2) is 0 Å². The molecule has 1 saturated carbocycles. The van der Waals surface area contributed by atoms with E-state index in [2.05, 4.69) is 14.2 Å². The monoisotopic (exact) mass is 150 g/mol. The highest BCUT2D eigenvalue weighted by Crippen LogP contribution is 2.52. The van der Waals surface area contributed by atoms with Crippen LogP contribution in [0.2, 0.25) is 5.31 Å². The maximum Gasteiger partial charge on any atom is 0.144 e. The highest BCUT2D eigenvalue weighted by atomic mass is 14.7. The average Bonchev–Trinajstić information content (AvgIpc) is 1.79. The molecule has 2 heterocycles. The first-order valence-corrected chi connectivity index (χ1v) is 4.78. The molecule has 2 unspecified atom stereocenters. The molecule has 2 atom stereocenters. The fourth-order valence-corrected chi connectivity index (χ4v) is 2.90. The normalized spacial score (nSPS) is 50.0. The summed E-state index contributed by atoms with van der Waals surface area (Å²) in [6.45, 7) is 2.35. The predicted molar refractivity (Wildman–Crippen MR) is 48.7 cm³/mol. The van der Waals surface area contributed by atoms with Crippen molar-refractivity contribution in [2.75, 3.05) is 0 Å². The number of nitrogens with two attached hydrogens (primary N) is 1. The van der Waals surface area contributed by atoms with E-state index in [0.29, 0.717) is 5.31 Å². The third-order valence-corrected chi connectivity index (χ3v) is 3.26. The van der Waals surface area contributed by atoms with E-state index >= 15 is 0 Å². The van der Waals surface area contributed by atoms with Crippen molar-refractivity contribution in [3.63, 3.8) is 0 Å². The van der Waals surface area contributed by atoms with Gasteiger partial charge < -0.3 is 5.73 Å². The zero-order chi connectivity index (χ0) is 7.95. The second kappa shape index (κ2) is 2.26. The topological polar surface area (TPSA) is 26.0 Å². The molecule has 3 fully saturated rings. The molecule has 0 aromatic heterocycles. The van der Waals surface area contributed by atoms with Gasteiger partial charge in [0.05, 0.1) is 0 Å². The maximum absolute atomic E-state index is 6.14. The first-order valence-electron chi connectivity index (χ1n) is 4.78. The molecule has 2 saturated heterocycles. The van der Waals surface area contributed by atoms with E-state index in [-0.39, 0.29) is 5.44 Å². The van der Waals surface area contributed by atoms with E-state index in [1.54, 1.807) is 0 Å². The van der Waals surface area contributed by atoms with E-state index in [0.717, 1.165) is 0 Å². The highest BCUT2D eigenvalue weighted by Gasteiger charge is 2.49. The lowest BCUT2D eigenvalue weighted by atomic mass is 9.26. The lowest BCUT2D eigenvalue weighted by molar-refractivity contribution is 0.285. The summed E-state index contributed by atoms with van der Waals surface area (Å²) >= 11 is 0. The summed E-state index contributed by atoms with van der Waals surface area (Å²) in [7, 11) is 2.40. The molecule has 0 amide bonds. The minimum atomic E-state index is 0.134. The molecule has 0 aromatic carbocycles. The maximum atomic E-state index is 6.14. The summed E-state index contributed by atoms with van der Waals surface area (Å²) in [6, 6.07) is 0. The summed E-state index contributed by atoms with van der Waals surface area (Å²) < 4.78 is 0. The second-order valence-electron chi connectivity index (χ2n) is 4.77. The third-order valence-electron chi connectivity index (χ3n) is 3.26. The summed E-state index contributed by atoms with van der Waals surface area (Å²) in [5.74, 6) is 0. The van der Waals surface area contributed by atoms with Gasteiger partial charge in [-0.2, -0.15) is 0 Å². The lowest BCUT2D eigenvalue weighted by Gasteiger charge is -2.54. The first-order chi connectivity index (χ1) is 5.12. The largest absolute Gasteiger partial charge is 0.332 e. The van der Waals surface area contributed by atoms with Crippen molar-refractivity contribution in [2.24, 2.45) is 5.73 Å². The van der Waals surface area contributed by atoms with Gasteiger partial charge in [0, 0.05) is 0 Å². The van der Waals surface area contributed by atoms with E-state index in [1.165, 1.54) is 38.5 Å². The van der Waals surface area contributed by atoms with Crippen LogP contribution >= 0.6 is 0 Å². The Labute approximate surface area is 70.0 Å². The fourth-order valence-electron chi connectivity index (χ4n) is 2.90. The molecular weight excluding hydrogens is 133 g/mol. The van der Waals surface area contributed by atoms with Crippen LogP contribution in [0.1, 0.15) is 45.4 Å². The van der Waals surface area contributed by atoms with Crippen LogP contribution in [0, 0.1) is 0 Å². The second-order valence-corrected chi connectivity index (χ2v) is 4.77. The van der Waals surface area contributed by atoms with Crippen molar-refractivity contribution >= 4 is 7.28 Å². The van der Waals surface area contributed by atoms with E-state index in [4.69, 9.17) is 5.73 Å². The summed E-state index contributed by atoms with van der Waals surface area (Å²) in [5.41, 5.74) is 6.28. The standard InChI is InChI=1S/C9H17BN/c1-8-5-3-2-4-6-9(11,7-8)10-8/h2-7,11H2,1H3. The molecule has 2 heteroatoms. The Hall–Kier alpha value is 0.0249. The van der Waals surface area contributed by atoms with Crippen LogP contribution in [-0.4, -0.2) is 12.7 Å². The Morgan fingerprint density at radius 1 is 1.18 bits per heavy atom. The van der Waals surface area contributed by atoms with Crippen LogP contribution in [0.5, 0.6) is 0 Å². The van der Waals surface area contributed by atoms with Gasteiger partial charge in [-0.05, 0) is 18.3 Å². The molecule has 2 aliphatic heterocycles. The SMILES string of the molecule is CC12[B]C(N)(CCCCC1)C2. The Morgan fingerprint density at radius 2 is 1.82 bits per heavy atom. The van der Waals surface area contributed by atoms with Crippen LogP contribution in [0.4, 0.5) is 0 Å². The molecule has 0 spiro atoms. The van der Waals surface area contributed by atoms with Gasteiger partial charge in [0.25, 0.3) is 0 Å². The zero-order valence-electron chi connectivity index (χ0n) is 7.40. The Morgan fingerprint density at radius 3 is 2.55 bits per heavy atom. The molecule has 1 aliphatic carbocycles. The van der Waals surface area contributed by atoms with Gasteiger partial charge in [-0.15, -0.1) is 0 Å². The number of rotatable bonds is 0. The van der Waals surface area contributed by atoms with Crippen LogP contribution in [0.25, 0.3) is 0 Å². The molecule has 11 heavy (non-hydrogen) atoms. The average molecular weight is 150 g/mol. The molecule has 3 rings (SSSR count). The summed E-state index contributed by atoms with van der Waals surface area (Å²) in [5, 5.41) is 0.509. The van der Waals surface area contributed by atoms with Crippen molar-refractivity contribution in [3.8, 4) is 0 Å². The van der Waals surface area contributed by atoms with Gasteiger partial charge in [0.1, 0.15) is 7.28 Å². The molecule has 2 bridgehead atoms. The fraction of sp³-hybridized carbons (Fsp3) is 1.00. The minimum absolute atomic E-state index is 0.134. The third kappa shape index (κ3) is 1.33. The quantitative estimate of drug-likeness (QED) is 0.524. The molecule has 3 aliphatic rings. The minimum Gasteiger partial charge on any atom is -0.332 e. The first kappa shape index (κ1) is 7.66. The van der Waals surface area contributed by atoms with Crippen molar-refractivity contribution in [3.05, 3.63) is 0 Å². The van der Waals surface area contributed by atoms with Crippen LogP contribution in [-0.2, 0) is 0 Å². The number of fused-ring (bicyclic) bond motifs is 4. The van der Waals surface area contributed by atoms with Crippen molar-refractivity contribution in [2.45, 2.75) is 56.2 Å². The molecular formula is C9H17BN. The molecule has 1 radical (unpaired) electrons. The van der Waals surface area contributed by atoms with Crippen LogP contribution < -0.4 is 5.73 Å². The molecule has 2 N–H and O–H groups in total. The number of hydrogen-bond acceptors (Lipinski definition) is 1. The van der Waals surface area contributed by atoms with Crippen molar-refractivity contribution in [1.29, 1.82) is 0 Å². The Kier molecular flexibility index (Phi) is 1.57. The van der Waals surface area contributed by atoms with Crippen LogP contribution in [0.15, 0.2) is 0 Å². The van der Waals surface area contributed by atoms with Crippen molar-refractivity contribution < 1.29 is 0 Å². The summed E-state index contributed by atoms with van der Waals surface area (Å²) in [4.78, 5) is 0.